The Kier molecular flexibility index (Phi) is 4.55. The summed E-state index contributed by atoms with van der Waals surface area (Å²) < 4.78 is 6.31. The largest absolute Gasteiger partial charge is 0.464 e. The predicted molar refractivity (Wildman–Crippen MR) is 128 cm³/mol. The number of hydrogen-bond donors (Lipinski definition) is 0. The molecular weight excluding hydrogens is 438 g/mol. The van der Waals surface area contributed by atoms with Crippen molar-refractivity contribution in [3.05, 3.63) is 117 Å². The van der Waals surface area contributed by atoms with Gasteiger partial charge in [0.15, 0.2) is 0 Å². The molecule has 2 heterocycles. The van der Waals surface area contributed by atoms with Gasteiger partial charge in [-0.2, -0.15) is 5.10 Å². The number of para-hydroxylation sites is 1. The van der Waals surface area contributed by atoms with Gasteiger partial charge in [0.25, 0.3) is 5.69 Å². The molecule has 0 N–H and O–H groups in total. The maximum Gasteiger partial charge on any atom is 0.288 e. The van der Waals surface area contributed by atoms with Crippen LogP contribution in [0.1, 0.15) is 35.4 Å². The highest BCUT2D eigenvalue weighted by molar-refractivity contribution is 6.32. The zero-order valence-electron chi connectivity index (χ0n) is 17.4. The third-order valence-electron chi connectivity index (χ3n) is 6.23. The first-order chi connectivity index (χ1) is 16.1. The molecule has 0 saturated carbocycles. The molecule has 2 atom stereocenters. The molecule has 0 fully saturated rings. The summed E-state index contributed by atoms with van der Waals surface area (Å²) in [6.07, 6.45) is 0.115. The molecule has 0 aliphatic carbocycles. The van der Waals surface area contributed by atoms with Gasteiger partial charge in [-0.1, -0.05) is 72.3 Å². The van der Waals surface area contributed by atoms with E-state index in [4.69, 9.17) is 21.4 Å². The van der Waals surface area contributed by atoms with Crippen LogP contribution >= 0.6 is 11.6 Å². The van der Waals surface area contributed by atoms with Gasteiger partial charge in [-0.3, -0.25) is 10.1 Å². The first-order valence-corrected chi connectivity index (χ1v) is 11.0. The van der Waals surface area contributed by atoms with Crippen LogP contribution in [0.2, 0.25) is 5.02 Å². The van der Waals surface area contributed by atoms with Crippen LogP contribution in [-0.2, 0) is 0 Å². The molecule has 0 saturated heterocycles. The van der Waals surface area contributed by atoms with Crippen molar-refractivity contribution in [3.8, 4) is 5.75 Å². The molecule has 0 aromatic heterocycles. The summed E-state index contributed by atoms with van der Waals surface area (Å²) in [5.41, 5.74) is 3.55. The van der Waals surface area contributed by atoms with Gasteiger partial charge in [0, 0.05) is 23.6 Å². The lowest BCUT2D eigenvalue weighted by molar-refractivity contribution is -0.384. The average molecular weight is 456 g/mol. The van der Waals surface area contributed by atoms with E-state index in [2.05, 4.69) is 30.3 Å². The minimum absolute atomic E-state index is 0.0313. The van der Waals surface area contributed by atoms with E-state index >= 15 is 0 Å². The van der Waals surface area contributed by atoms with Gasteiger partial charge in [0.05, 0.1) is 16.7 Å². The topological polar surface area (TPSA) is 68.0 Å². The summed E-state index contributed by atoms with van der Waals surface area (Å²) in [7, 11) is 0. The normalized spacial score (nSPS) is 18.9. The number of nitro benzene ring substituents is 1. The molecule has 0 bridgehead atoms. The number of ether oxygens (including phenoxy) is 1. The van der Waals surface area contributed by atoms with E-state index in [0.717, 1.165) is 28.0 Å². The zero-order valence-corrected chi connectivity index (χ0v) is 18.1. The van der Waals surface area contributed by atoms with Crippen LogP contribution < -0.4 is 4.74 Å². The summed E-state index contributed by atoms with van der Waals surface area (Å²) >= 11 is 6.05. The summed E-state index contributed by atoms with van der Waals surface area (Å²) in [4.78, 5) is 11.0. The molecule has 0 radical (unpaired) electrons. The standard InChI is InChI=1S/C26H18ClN3O3/c27-21-12-11-19(14-24(21)30(31)32)26-29-23(20-7-3-4-8-25(20)33-26)15-22(28-29)18-10-9-16-5-1-2-6-17(16)13-18/h1-14,23,26H,15H2/t23-,26+/m1/s1. The Morgan fingerprint density at radius 1 is 0.970 bits per heavy atom. The summed E-state index contributed by atoms with van der Waals surface area (Å²) in [5.74, 6) is 0.760. The third-order valence-corrected chi connectivity index (χ3v) is 6.55. The van der Waals surface area contributed by atoms with Gasteiger partial charge >= 0.3 is 0 Å². The summed E-state index contributed by atoms with van der Waals surface area (Å²) in [6.45, 7) is 0. The molecule has 0 unspecified atom stereocenters. The van der Waals surface area contributed by atoms with Crippen molar-refractivity contribution in [2.45, 2.75) is 18.7 Å². The number of halogens is 1. The average Bonchev–Trinajstić information content (AvgIpc) is 3.29. The monoisotopic (exact) mass is 455 g/mol. The quantitative estimate of drug-likeness (QED) is 0.256. The van der Waals surface area contributed by atoms with Gasteiger partial charge in [0.2, 0.25) is 6.23 Å². The minimum Gasteiger partial charge on any atom is -0.464 e. The number of rotatable bonds is 3. The van der Waals surface area contributed by atoms with E-state index in [9.17, 15) is 10.1 Å². The van der Waals surface area contributed by atoms with Crippen LogP contribution in [0.5, 0.6) is 5.75 Å². The first kappa shape index (κ1) is 19.8. The molecule has 4 aromatic rings. The van der Waals surface area contributed by atoms with Crippen LogP contribution in [0, 0.1) is 10.1 Å². The molecule has 6 nitrogen and oxygen atoms in total. The maximum absolute atomic E-state index is 11.5. The maximum atomic E-state index is 11.5. The molecular formula is C26H18ClN3O3. The Labute approximate surface area is 194 Å². The first-order valence-electron chi connectivity index (χ1n) is 10.6. The number of nitro groups is 1. The number of fused-ring (bicyclic) bond motifs is 4. The second-order valence-corrected chi connectivity index (χ2v) is 8.59. The van der Waals surface area contributed by atoms with E-state index in [-0.39, 0.29) is 16.8 Å². The lowest BCUT2D eigenvalue weighted by Crippen LogP contribution is -2.33. The minimum atomic E-state index is -0.598. The highest BCUT2D eigenvalue weighted by atomic mass is 35.5. The Morgan fingerprint density at radius 3 is 2.61 bits per heavy atom. The Bertz CT molecular complexity index is 1450. The highest BCUT2D eigenvalue weighted by Crippen LogP contribution is 2.48. The number of nitrogens with zero attached hydrogens (tertiary/aromatic N) is 3. The van der Waals surface area contributed by atoms with Gasteiger partial charge < -0.3 is 4.74 Å². The Balaban J connectivity index is 1.45. The number of benzene rings is 4. The highest BCUT2D eigenvalue weighted by Gasteiger charge is 2.41. The molecule has 162 valence electrons. The van der Waals surface area contributed by atoms with E-state index < -0.39 is 11.2 Å². The van der Waals surface area contributed by atoms with Crippen molar-refractivity contribution < 1.29 is 9.66 Å². The van der Waals surface area contributed by atoms with Crippen molar-refractivity contribution >= 4 is 33.8 Å². The fourth-order valence-corrected chi connectivity index (χ4v) is 4.81. The van der Waals surface area contributed by atoms with Crippen LogP contribution in [-0.4, -0.2) is 15.6 Å². The third kappa shape index (κ3) is 3.31. The lowest BCUT2D eigenvalue weighted by atomic mass is 9.95. The van der Waals surface area contributed by atoms with Gasteiger partial charge in [0.1, 0.15) is 10.8 Å². The van der Waals surface area contributed by atoms with E-state index in [1.807, 2.05) is 41.4 Å². The van der Waals surface area contributed by atoms with Gasteiger partial charge in [-0.15, -0.1) is 0 Å². The fourth-order valence-electron chi connectivity index (χ4n) is 4.62. The van der Waals surface area contributed by atoms with Crippen LogP contribution in [0.15, 0.2) is 90.0 Å². The van der Waals surface area contributed by atoms with Gasteiger partial charge in [-0.25, -0.2) is 5.01 Å². The Morgan fingerprint density at radius 2 is 1.76 bits per heavy atom. The molecule has 6 rings (SSSR count). The molecule has 2 aliphatic heterocycles. The molecule has 0 spiro atoms. The number of hydrazone groups is 1. The predicted octanol–water partition coefficient (Wildman–Crippen LogP) is 6.64. The van der Waals surface area contributed by atoms with Crippen LogP contribution in [0.25, 0.3) is 10.8 Å². The summed E-state index contributed by atoms with van der Waals surface area (Å²) in [5, 5.41) is 20.8. The molecule has 0 amide bonds. The zero-order chi connectivity index (χ0) is 22.5. The summed E-state index contributed by atoms with van der Waals surface area (Å²) in [6, 6.07) is 27.2. The Hall–Kier alpha value is -3.90. The van der Waals surface area contributed by atoms with Crippen molar-refractivity contribution in [1.29, 1.82) is 0 Å². The number of hydrogen-bond acceptors (Lipinski definition) is 5. The smallest absolute Gasteiger partial charge is 0.288 e. The van der Waals surface area contributed by atoms with Crippen LogP contribution in [0.4, 0.5) is 5.69 Å². The van der Waals surface area contributed by atoms with Crippen LogP contribution in [0.3, 0.4) is 0 Å². The fraction of sp³-hybridized carbons (Fsp3) is 0.115. The van der Waals surface area contributed by atoms with E-state index in [0.29, 0.717) is 12.0 Å². The van der Waals surface area contributed by atoms with E-state index in [1.54, 1.807) is 6.07 Å². The second kappa shape index (κ2) is 7.60. The molecule has 4 aromatic carbocycles. The lowest BCUT2D eigenvalue weighted by Gasteiger charge is -2.38. The van der Waals surface area contributed by atoms with Gasteiger partial charge in [-0.05, 0) is 34.5 Å². The second-order valence-electron chi connectivity index (χ2n) is 8.18. The van der Waals surface area contributed by atoms with Crippen molar-refractivity contribution in [2.75, 3.05) is 0 Å². The molecule has 7 heteroatoms. The van der Waals surface area contributed by atoms with Crippen molar-refractivity contribution in [3.63, 3.8) is 0 Å². The van der Waals surface area contributed by atoms with E-state index in [1.165, 1.54) is 17.5 Å². The molecule has 2 aliphatic rings. The van der Waals surface area contributed by atoms with Crippen molar-refractivity contribution in [1.82, 2.24) is 5.01 Å². The molecule has 33 heavy (non-hydrogen) atoms. The van der Waals surface area contributed by atoms with Crippen molar-refractivity contribution in [2.24, 2.45) is 5.10 Å². The SMILES string of the molecule is O=[N+]([O-])c1cc([C@@H]2Oc3ccccc3[C@H]3CC(c4ccc5ccccc5c4)=NN32)ccc1Cl.